The predicted octanol–water partition coefficient (Wildman–Crippen LogP) is 1.95. The van der Waals surface area contributed by atoms with E-state index in [1.54, 1.807) is 25.3 Å². The number of carbonyl (C=O) groups is 1. The highest BCUT2D eigenvalue weighted by Gasteiger charge is 2.42. The fraction of sp³-hybridized carbons (Fsp3) is 0.500. The first-order valence-electron chi connectivity index (χ1n) is 6.69. The van der Waals surface area contributed by atoms with Crippen LogP contribution in [0.25, 0.3) is 11.0 Å². The third-order valence-electron chi connectivity index (χ3n) is 4.04. The Bertz CT molecular complexity index is 646. The molecule has 1 aromatic heterocycles. The van der Waals surface area contributed by atoms with E-state index in [0.717, 1.165) is 25.1 Å². The normalized spacial score (nSPS) is 16.4. The lowest BCUT2D eigenvalue weighted by Gasteiger charge is -2.14. The summed E-state index contributed by atoms with van der Waals surface area (Å²) in [7, 11) is 1.72. The quantitative estimate of drug-likeness (QED) is 0.871. The van der Waals surface area contributed by atoms with Gasteiger partial charge in [0, 0.05) is 20.3 Å². The first kappa shape index (κ1) is 13.1. The van der Waals surface area contributed by atoms with Crippen molar-refractivity contribution in [1.29, 1.82) is 0 Å². The maximum atomic E-state index is 10.9. The van der Waals surface area contributed by atoms with E-state index in [2.05, 4.69) is 10.3 Å². The minimum absolute atomic E-state index is 0.241. The number of ether oxygens (including phenoxy) is 1. The van der Waals surface area contributed by atoms with Crippen LogP contribution in [0.4, 0.5) is 0 Å². The predicted molar refractivity (Wildman–Crippen MR) is 72.6 cm³/mol. The first-order chi connectivity index (χ1) is 9.63. The summed E-state index contributed by atoms with van der Waals surface area (Å²) >= 11 is 0. The Morgan fingerprint density at radius 1 is 1.50 bits per heavy atom. The molecule has 1 saturated carbocycles. The highest BCUT2D eigenvalue weighted by molar-refractivity contribution is 5.92. The van der Waals surface area contributed by atoms with Gasteiger partial charge in [0.05, 0.1) is 11.1 Å². The number of aromatic carboxylic acids is 1. The molecular weight excluding hydrogens is 258 g/mol. The van der Waals surface area contributed by atoms with Crippen LogP contribution in [0.15, 0.2) is 18.2 Å². The Kier molecular flexibility index (Phi) is 3.17. The lowest BCUT2D eigenvalue weighted by Crippen LogP contribution is -2.15. The van der Waals surface area contributed by atoms with E-state index in [4.69, 9.17) is 9.84 Å². The topological polar surface area (TPSA) is 77.2 Å². The van der Waals surface area contributed by atoms with E-state index < -0.39 is 5.97 Å². The van der Waals surface area contributed by atoms with Crippen LogP contribution in [0, 0.1) is 5.41 Å². The summed E-state index contributed by atoms with van der Waals surface area (Å²) in [5.41, 5.74) is 2.04. The van der Waals surface area contributed by atoms with Crippen LogP contribution in [-0.2, 0) is 11.3 Å². The number of methoxy groups -OCH3 is 1. The molecule has 106 valence electrons. The average molecular weight is 275 g/mol. The fourth-order valence-electron chi connectivity index (χ4n) is 2.52. The number of hydrogen-bond acceptors (Lipinski definition) is 4. The Hall–Kier alpha value is -1.95. The second-order valence-corrected chi connectivity index (χ2v) is 5.50. The molecule has 0 bridgehead atoms. The summed E-state index contributed by atoms with van der Waals surface area (Å²) in [6, 6.07) is 4.94. The molecule has 6 nitrogen and oxygen atoms in total. The third-order valence-corrected chi connectivity index (χ3v) is 4.04. The molecule has 1 heterocycles. The van der Waals surface area contributed by atoms with Gasteiger partial charge in [0.15, 0.2) is 0 Å². The molecule has 3 rings (SSSR count). The van der Waals surface area contributed by atoms with Crippen molar-refractivity contribution in [2.75, 3.05) is 13.7 Å². The minimum atomic E-state index is -0.944. The zero-order valence-corrected chi connectivity index (χ0v) is 11.4. The number of carboxylic acid groups (broad SMARTS) is 1. The van der Waals surface area contributed by atoms with Crippen LogP contribution in [0.2, 0.25) is 0 Å². The van der Waals surface area contributed by atoms with Crippen LogP contribution in [0.1, 0.15) is 29.6 Å². The maximum absolute atomic E-state index is 10.9. The van der Waals surface area contributed by atoms with Gasteiger partial charge in [-0.15, -0.1) is 5.10 Å². The van der Waals surface area contributed by atoms with Crippen molar-refractivity contribution in [3.05, 3.63) is 23.8 Å². The van der Waals surface area contributed by atoms with E-state index in [1.165, 1.54) is 12.8 Å². The van der Waals surface area contributed by atoms with Gasteiger partial charge in [-0.3, -0.25) is 0 Å². The van der Waals surface area contributed by atoms with Crippen LogP contribution in [0.5, 0.6) is 0 Å². The third kappa shape index (κ3) is 2.38. The summed E-state index contributed by atoms with van der Waals surface area (Å²) < 4.78 is 7.03. The smallest absolute Gasteiger partial charge is 0.335 e. The molecule has 1 aromatic carbocycles. The number of hydrogen-bond donors (Lipinski definition) is 1. The first-order valence-corrected chi connectivity index (χ1v) is 6.69. The lowest BCUT2D eigenvalue weighted by molar-refractivity contribution is 0.0697. The van der Waals surface area contributed by atoms with E-state index in [-0.39, 0.29) is 11.0 Å². The number of fused-ring (bicyclic) bond motifs is 1. The van der Waals surface area contributed by atoms with Gasteiger partial charge >= 0.3 is 5.97 Å². The molecule has 1 aliphatic carbocycles. The van der Waals surface area contributed by atoms with Crippen LogP contribution in [0.3, 0.4) is 0 Å². The lowest BCUT2D eigenvalue weighted by atomic mass is 10.0. The number of nitrogens with zero attached hydrogens (tertiary/aromatic N) is 3. The van der Waals surface area contributed by atoms with E-state index >= 15 is 0 Å². The summed E-state index contributed by atoms with van der Waals surface area (Å²) in [4.78, 5) is 10.9. The number of rotatable bonds is 6. The molecule has 6 heteroatoms. The zero-order chi connectivity index (χ0) is 14.2. The van der Waals surface area contributed by atoms with Crippen LogP contribution >= 0.6 is 0 Å². The molecule has 1 fully saturated rings. The van der Waals surface area contributed by atoms with E-state index in [1.807, 2.05) is 4.68 Å². The van der Waals surface area contributed by atoms with Crippen molar-refractivity contribution in [1.82, 2.24) is 15.0 Å². The molecule has 2 aromatic rings. The van der Waals surface area contributed by atoms with Crippen LogP contribution < -0.4 is 0 Å². The Labute approximate surface area is 116 Å². The van der Waals surface area contributed by atoms with Crippen molar-refractivity contribution in [3.63, 3.8) is 0 Å². The van der Waals surface area contributed by atoms with Gasteiger partial charge in [0.2, 0.25) is 0 Å². The minimum Gasteiger partial charge on any atom is -0.478 e. The molecule has 0 spiro atoms. The van der Waals surface area contributed by atoms with Crippen molar-refractivity contribution in [2.24, 2.45) is 5.41 Å². The van der Waals surface area contributed by atoms with Crippen molar-refractivity contribution < 1.29 is 14.6 Å². The Morgan fingerprint density at radius 3 is 2.95 bits per heavy atom. The number of benzene rings is 1. The van der Waals surface area contributed by atoms with Gasteiger partial charge < -0.3 is 9.84 Å². The molecule has 0 saturated heterocycles. The van der Waals surface area contributed by atoms with Crippen molar-refractivity contribution in [2.45, 2.75) is 25.8 Å². The molecular formula is C14H17N3O3. The molecule has 0 atom stereocenters. The van der Waals surface area contributed by atoms with Gasteiger partial charge in [-0.2, -0.15) is 0 Å². The number of carboxylic acids is 1. The monoisotopic (exact) mass is 275 g/mol. The molecule has 20 heavy (non-hydrogen) atoms. The fourth-order valence-corrected chi connectivity index (χ4v) is 2.52. The maximum Gasteiger partial charge on any atom is 0.335 e. The molecule has 0 unspecified atom stereocenters. The zero-order valence-electron chi connectivity index (χ0n) is 11.4. The van der Waals surface area contributed by atoms with Gasteiger partial charge in [-0.1, -0.05) is 5.21 Å². The molecule has 0 amide bonds. The summed E-state index contributed by atoms with van der Waals surface area (Å²) in [5, 5.41) is 17.2. The highest BCUT2D eigenvalue weighted by Crippen LogP contribution is 2.50. The second kappa shape index (κ2) is 4.86. The summed E-state index contributed by atoms with van der Waals surface area (Å²) in [6.07, 6.45) is 3.40. The van der Waals surface area contributed by atoms with E-state index in [0.29, 0.717) is 5.52 Å². The molecule has 0 aliphatic heterocycles. The van der Waals surface area contributed by atoms with Crippen molar-refractivity contribution in [3.8, 4) is 0 Å². The standard InChI is InChI=1S/C14H17N3O3/c1-20-7-6-14(4-5-14)9-17-12-3-2-10(13(18)19)8-11(12)15-16-17/h2-3,8H,4-7,9H2,1H3,(H,18,19). The SMILES string of the molecule is COCCC1(Cn2nnc3cc(C(=O)O)ccc32)CC1. The number of aromatic nitrogens is 3. The van der Waals surface area contributed by atoms with Gasteiger partial charge in [0.25, 0.3) is 0 Å². The van der Waals surface area contributed by atoms with Gasteiger partial charge in [0.1, 0.15) is 5.52 Å². The molecule has 0 radical (unpaired) electrons. The largest absolute Gasteiger partial charge is 0.478 e. The van der Waals surface area contributed by atoms with Crippen molar-refractivity contribution >= 4 is 17.0 Å². The Morgan fingerprint density at radius 2 is 2.30 bits per heavy atom. The van der Waals surface area contributed by atoms with Gasteiger partial charge in [-0.25, -0.2) is 9.48 Å². The highest BCUT2D eigenvalue weighted by atomic mass is 16.5. The summed E-state index contributed by atoms with van der Waals surface area (Å²) in [6.45, 7) is 1.58. The van der Waals surface area contributed by atoms with E-state index in [9.17, 15) is 4.79 Å². The average Bonchev–Trinajstić information content (AvgIpc) is 3.10. The van der Waals surface area contributed by atoms with Crippen LogP contribution in [-0.4, -0.2) is 39.8 Å². The summed E-state index contributed by atoms with van der Waals surface area (Å²) in [5.74, 6) is -0.944. The second-order valence-electron chi connectivity index (χ2n) is 5.50. The molecule has 1 aliphatic rings. The Balaban J connectivity index is 1.84. The molecule has 1 N–H and O–H groups in total. The van der Waals surface area contributed by atoms with Gasteiger partial charge in [-0.05, 0) is 42.9 Å².